The van der Waals surface area contributed by atoms with Crippen LogP contribution in [0.15, 0.2) is 30.6 Å². The number of rotatable bonds is 4. The molecule has 1 aliphatic heterocycles. The zero-order chi connectivity index (χ0) is 17.8. The van der Waals surface area contributed by atoms with Crippen LogP contribution in [0.5, 0.6) is 0 Å². The largest absolute Gasteiger partial charge is 0.477 e. The van der Waals surface area contributed by atoms with Crippen molar-refractivity contribution in [3.8, 4) is 0 Å². The number of nitrogens with one attached hydrogen (secondary N) is 1. The highest BCUT2D eigenvalue weighted by molar-refractivity contribution is 6.02. The Balaban J connectivity index is 1.65. The number of carboxylic acids is 1. The van der Waals surface area contributed by atoms with E-state index in [4.69, 9.17) is 5.11 Å². The van der Waals surface area contributed by atoms with E-state index in [1.165, 1.54) is 12.4 Å². The Bertz CT molecular complexity index is 777. The number of nitrogens with zero attached hydrogens (tertiary/aromatic N) is 3. The molecular formula is C17H19FN4O3. The minimum atomic E-state index is -1.21. The van der Waals surface area contributed by atoms with Gasteiger partial charge >= 0.3 is 5.97 Å². The van der Waals surface area contributed by atoms with Gasteiger partial charge in [0, 0.05) is 38.3 Å². The van der Waals surface area contributed by atoms with Gasteiger partial charge in [0.05, 0.1) is 6.33 Å². The van der Waals surface area contributed by atoms with Crippen LogP contribution in [0.3, 0.4) is 0 Å². The third kappa shape index (κ3) is 3.85. The molecule has 0 aliphatic carbocycles. The smallest absolute Gasteiger partial charge is 0.354 e. The Morgan fingerprint density at radius 3 is 2.76 bits per heavy atom. The predicted molar refractivity (Wildman–Crippen MR) is 87.7 cm³/mol. The van der Waals surface area contributed by atoms with Gasteiger partial charge in [0.1, 0.15) is 5.82 Å². The Morgan fingerprint density at radius 2 is 2.00 bits per heavy atom. The zero-order valence-corrected chi connectivity index (χ0v) is 13.6. The molecule has 0 spiro atoms. The molecule has 0 unspecified atom stereocenters. The van der Waals surface area contributed by atoms with Crippen LogP contribution >= 0.6 is 0 Å². The van der Waals surface area contributed by atoms with Gasteiger partial charge in [-0.15, -0.1) is 0 Å². The molecule has 132 valence electrons. The quantitative estimate of drug-likeness (QED) is 0.878. The Hall–Kier alpha value is -2.74. The summed E-state index contributed by atoms with van der Waals surface area (Å²) in [6.45, 7) is 2.77. The Morgan fingerprint density at radius 1 is 1.20 bits per heavy atom. The maximum absolute atomic E-state index is 13.8. The highest BCUT2D eigenvalue weighted by atomic mass is 19.1. The van der Waals surface area contributed by atoms with Crippen LogP contribution in [0.25, 0.3) is 0 Å². The fourth-order valence-electron chi connectivity index (χ4n) is 2.97. The first-order chi connectivity index (χ1) is 12.1. The summed E-state index contributed by atoms with van der Waals surface area (Å²) in [4.78, 5) is 33.7. The molecule has 2 aromatic rings. The van der Waals surface area contributed by atoms with Crippen LogP contribution in [0, 0.1) is 5.82 Å². The zero-order valence-electron chi connectivity index (χ0n) is 13.6. The van der Waals surface area contributed by atoms with Crippen molar-refractivity contribution < 1.29 is 19.1 Å². The van der Waals surface area contributed by atoms with Crippen molar-refractivity contribution in [2.75, 3.05) is 26.2 Å². The molecule has 0 saturated carbocycles. The summed E-state index contributed by atoms with van der Waals surface area (Å²) < 4.78 is 13.8. The van der Waals surface area contributed by atoms with E-state index in [2.05, 4.69) is 14.9 Å². The summed E-state index contributed by atoms with van der Waals surface area (Å²) >= 11 is 0. The minimum absolute atomic E-state index is 0.0740. The molecule has 0 radical (unpaired) electrons. The molecule has 1 saturated heterocycles. The number of carbonyl (C=O) groups excluding carboxylic acids is 1. The molecule has 1 aromatic carbocycles. The van der Waals surface area contributed by atoms with Crippen LogP contribution < -0.4 is 0 Å². The van der Waals surface area contributed by atoms with Gasteiger partial charge in [-0.05, 0) is 12.5 Å². The first-order valence-electron chi connectivity index (χ1n) is 8.08. The van der Waals surface area contributed by atoms with Crippen molar-refractivity contribution in [3.05, 3.63) is 53.4 Å². The number of benzene rings is 1. The van der Waals surface area contributed by atoms with E-state index in [-0.39, 0.29) is 17.2 Å². The number of H-pyrrole nitrogens is 1. The van der Waals surface area contributed by atoms with Crippen LogP contribution in [-0.2, 0) is 6.54 Å². The van der Waals surface area contributed by atoms with Crippen LogP contribution in [0.4, 0.5) is 4.39 Å². The SMILES string of the molecule is O=C(O)c1[nH]cnc1C(=O)N1CCCN(Cc2ccccc2F)CC1. The number of aromatic nitrogens is 2. The van der Waals surface area contributed by atoms with E-state index in [1.807, 2.05) is 0 Å². The standard InChI is InChI=1S/C17H19FN4O3/c18-13-5-2-1-4-12(13)10-21-6-3-7-22(9-8-21)16(23)14-15(17(24)25)20-11-19-14/h1-2,4-5,11H,3,6-10H2,(H,19,20)(H,24,25). The van der Waals surface area contributed by atoms with Crippen molar-refractivity contribution >= 4 is 11.9 Å². The molecule has 1 aromatic heterocycles. The summed E-state index contributed by atoms with van der Waals surface area (Å²) in [5, 5.41) is 9.10. The number of aromatic carboxylic acids is 1. The van der Waals surface area contributed by atoms with Crippen LogP contribution in [-0.4, -0.2) is 62.9 Å². The van der Waals surface area contributed by atoms with E-state index >= 15 is 0 Å². The van der Waals surface area contributed by atoms with E-state index in [0.29, 0.717) is 31.7 Å². The lowest BCUT2D eigenvalue weighted by Crippen LogP contribution is -2.36. The van der Waals surface area contributed by atoms with Gasteiger partial charge in [-0.25, -0.2) is 14.2 Å². The number of aromatic amines is 1. The molecule has 0 bridgehead atoms. The lowest BCUT2D eigenvalue weighted by molar-refractivity contribution is 0.0669. The van der Waals surface area contributed by atoms with E-state index in [0.717, 1.165) is 13.0 Å². The van der Waals surface area contributed by atoms with Crippen LogP contribution in [0.1, 0.15) is 33.0 Å². The molecule has 7 nitrogen and oxygen atoms in total. The monoisotopic (exact) mass is 346 g/mol. The third-order valence-electron chi connectivity index (χ3n) is 4.28. The van der Waals surface area contributed by atoms with Crippen molar-refractivity contribution in [2.45, 2.75) is 13.0 Å². The maximum atomic E-state index is 13.8. The van der Waals surface area contributed by atoms with Crippen molar-refractivity contribution in [1.29, 1.82) is 0 Å². The fraction of sp³-hybridized carbons (Fsp3) is 0.353. The van der Waals surface area contributed by atoms with Gasteiger partial charge in [0.2, 0.25) is 0 Å². The number of imidazole rings is 1. The molecule has 1 amide bonds. The highest BCUT2D eigenvalue weighted by Gasteiger charge is 2.26. The second-order valence-electron chi connectivity index (χ2n) is 5.94. The number of hydrogen-bond acceptors (Lipinski definition) is 4. The summed E-state index contributed by atoms with van der Waals surface area (Å²) in [7, 11) is 0. The fourth-order valence-corrected chi connectivity index (χ4v) is 2.97. The second kappa shape index (κ2) is 7.43. The topological polar surface area (TPSA) is 89.5 Å². The van der Waals surface area contributed by atoms with Crippen molar-refractivity contribution in [1.82, 2.24) is 19.8 Å². The number of halogens is 1. The molecule has 1 fully saturated rings. The third-order valence-corrected chi connectivity index (χ3v) is 4.28. The normalized spacial score (nSPS) is 15.8. The van der Waals surface area contributed by atoms with Gasteiger partial charge in [0.25, 0.3) is 5.91 Å². The minimum Gasteiger partial charge on any atom is -0.477 e. The summed E-state index contributed by atoms with van der Waals surface area (Å²) in [5.74, 6) is -1.84. The Labute approximate surface area is 144 Å². The summed E-state index contributed by atoms with van der Waals surface area (Å²) in [6, 6.07) is 6.66. The Kier molecular flexibility index (Phi) is 5.08. The molecule has 2 N–H and O–H groups in total. The van der Waals surface area contributed by atoms with Gasteiger partial charge in [-0.1, -0.05) is 18.2 Å². The van der Waals surface area contributed by atoms with Gasteiger partial charge in [-0.3, -0.25) is 9.69 Å². The number of carbonyl (C=O) groups is 2. The van der Waals surface area contributed by atoms with Gasteiger partial charge in [0.15, 0.2) is 11.4 Å². The molecule has 1 aliphatic rings. The van der Waals surface area contributed by atoms with Gasteiger partial charge in [-0.2, -0.15) is 0 Å². The van der Waals surface area contributed by atoms with E-state index in [9.17, 15) is 14.0 Å². The molecule has 8 heteroatoms. The molecule has 0 atom stereocenters. The molecule has 25 heavy (non-hydrogen) atoms. The second-order valence-corrected chi connectivity index (χ2v) is 5.94. The van der Waals surface area contributed by atoms with E-state index in [1.54, 1.807) is 23.1 Å². The van der Waals surface area contributed by atoms with Crippen molar-refractivity contribution in [3.63, 3.8) is 0 Å². The predicted octanol–water partition coefficient (Wildman–Crippen LogP) is 1.60. The van der Waals surface area contributed by atoms with E-state index < -0.39 is 11.9 Å². The summed E-state index contributed by atoms with van der Waals surface area (Å²) in [5.41, 5.74) is 0.357. The highest BCUT2D eigenvalue weighted by Crippen LogP contribution is 2.14. The molecule has 3 rings (SSSR count). The first-order valence-corrected chi connectivity index (χ1v) is 8.08. The first kappa shape index (κ1) is 17.1. The number of carboxylic acid groups (broad SMARTS) is 1. The average Bonchev–Trinajstić information content (AvgIpc) is 2.97. The lowest BCUT2D eigenvalue weighted by atomic mass is 10.2. The molecular weight excluding hydrogens is 327 g/mol. The maximum Gasteiger partial charge on any atom is 0.354 e. The average molecular weight is 346 g/mol. The number of amides is 1. The van der Waals surface area contributed by atoms with Crippen LogP contribution in [0.2, 0.25) is 0 Å². The molecule has 2 heterocycles. The summed E-state index contributed by atoms with van der Waals surface area (Å²) in [6.07, 6.45) is 1.94. The lowest BCUT2D eigenvalue weighted by Gasteiger charge is -2.21. The van der Waals surface area contributed by atoms with Gasteiger partial charge < -0.3 is 15.0 Å². The number of hydrogen-bond donors (Lipinski definition) is 2. The van der Waals surface area contributed by atoms with Crippen molar-refractivity contribution in [2.24, 2.45) is 0 Å².